The van der Waals surface area contributed by atoms with Crippen molar-refractivity contribution in [2.24, 2.45) is 28.9 Å². The normalized spacial score (nSPS) is 34.6. The van der Waals surface area contributed by atoms with Crippen molar-refractivity contribution in [3.8, 4) is 0 Å². The molecule has 2 atom stereocenters. The van der Waals surface area contributed by atoms with E-state index in [1.54, 1.807) is 18.2 Å². The number of nitrogens with one attached hydrogen (secondary N) is 1. The van der Waals surface area contributed by atoms with E-state index in [1.165, 1.54) is 38.5 Å². The topological polar surface area (TPSA) is 104 Å². The predicted molar refractivity (Wildman–Crippen MR) is 110 cm³/mol. The smallest absolute Gasteiger partial charge is 0.239 e. The summed E-state index contributed by atoms with van der Waals surface area (Å²) in [5.41, 5.74) is 7.81. The fourth-order valence-electron chi connectivity index (χ4n) is 6.98. The van der Waals surface area contributed by atoms with Gasteiger partial charge in [-0.15, -0.1) is 0 Å². The molecule has 4 fully saturated rings. The Bertz CT molecular complexity index is 760. The maximum absolute atomic E-state index is 12.2. The summed E-state index contributed by atoms with van der Waals surface area (Å²) in [5.74, 6) is 3.26. The molecule has 29 heavy (non-hydrogen) atoms. The van der Waals surface area contributed by atoms with Gasteiger partial charge in [-0.25, -0.2) is 9.97 Å². The van der Waals surface area contributed by atoms with Crippen molar-refractivity contribution in [2.75, 3.05) is 18.4 Å². The predicted octanol–water partition coefficient (Wildman–Crippen LogP) is 1.70. The molecule has 2 heterocycles. The molecule has 1 amide bonds. The fraction of sp³-hybridized carbons (Fsp3) is 0.773. The number of fused-ring (bicyclic) bond motifs is 1. The number of amides is 1. The van der Waals surface area contributed by atoms with Gasteiger partial charge in [-0.2, -0.15) is 0 Å². The molecule has 4 aliphatic carbocycles. The van der Waals surface area contributed by atoms with Crippen LogP contribution >= 0.6 is 0 Å². The van der Waals surface area contributed by atoms with E-state index in [2.05, 4.69) is 15.3 Å². The van der Waals surface area contributed by atoms with Gasteiger partial charge in [0.15, 0.2) is 0 Å². The highest BCUT2D eigenvalue weighted by Gasteiger charge is 2.53. The van der Waals surface area contributed by atoms with E-state index in [4.69, 9.17) is 5.73 Å². The van der Waals surface area contributed by atoms with Gasteiger partial charge >= 0.3 is 0 Å². The Morgan fingerprint density at radius 2 is 1.93 bits per heavy atom. The van der Waals surface area contributed by atoms with Crippen LogP contribution in [0.15, 0.2) is 6.33 Å². The summed E-state index contributed by atoms with van der Waals surface area (Å²) < 4.78 is 0. The molecule has 1 unspecified atom stereocenters. The van der Waals surface area contributed by atoms with Crippen LogP contribution in [0.5, 0.6) is 0 Å². The molecule has 7 nitrogen and oxygen atoms in total. The molecule has 0 radical (unpaired) electrons. The summed E-state index contributed by atoms with van der Waals surface area (Å²) in [4.78, 5) is 22.9. The first kappa shape index (κ1) is 19.2. The number of aromatic nitrogens is 2. The molecule has 1 aromatic rings. The highest BCUT2D eigenvalue weighted by atomic mass is 16.3. The molecule has 7 heteroatoms. The van der Waals surface area contributed by atoms with Gasteiger partial charge in [-0.05, 0) is 75.0 Å². The number of nitrogens with two attached hydrogens (primary N) is 1. The number of aliphatic hydroxyl groups excluding tert-OH is 1. The Morgan fingerprint density at radius 3 is 2.55 bits per heavy atom. The summed E-state index contributed by atoms with van der Waals surface area (Å²) in [6.07, 6.45) is 9.66. The third-order valence-electron chi connectivity index (χ3n) is 7.96. The molecule has 0 saturated heterocycles. The number of hydrogen-bond acceptors (Lipinski definition) is 6. The summed E-state index contributed by atoms with van der Waals surface area (Å²) in [5, 5.41) is 14.6. The van der Waals surface area contributed by atoms with Crippen LogP contribution in [-0.2, 0) is 17.8 Å². The van der Waals surface area contributed by atoms with Crippen LogP contribution in [0.4, 0.5) is 5.82 Å². The highest BCUT2D eigenvalue weighted by molar-refractivity contribution is 5.81. The molecule has 0 aromatic carbocycles. The second kappa shape index (κ2) is 7.20. The van der Waals surface area contributed by atoms with E-state index in [1.807, 2.05) is 0 Å². The Kier molecular flexibility index (Phi) is 4.78. The molecule has 6 rings (SSSR count). The van der Waals surface area contributed by atoms with E-state index < -0.39 is 6.04 Å². The van der Waals surface area contributed by atoms with E-state index >= 15 is 0 Å². The van der Waals surface area contributed by atoms with Crippen molar-refractivity contribution in [3.63, 3.8) is 0 Å². The minimum absolute atomic E-state index is 0.0407. The first-order chi connectivity index (χ1) is 13.9. The largest absolute Gasteiger partial charge is 0.391 e. The van der Waals surface area contributed by atoms with Gasteiger partial charge in [0.25, 0.3) is 0 Å². The molecule has 0 spiro atoms. The van der Waals surface area contributed by atoms with Crippen molar-refractivity contribution in [1.29, 1.82) is 0 Å². The Morgan fingerprint density at radius 1 is 1.28 bits per heavy atom. The molecule has 5 aliphatic rings. The third kappa shape index (κ3) is 3.42. The number of carbonyl (C=O) groups is 1. The quantitative estimate of drug-likeness (QED) is 0.696. The van der Waals surface area contributed by atoms with Gasteiger partial charge in [0.1, 0.15) is 12.1 Å². The van der Waals surface area contributed by atoms with Crippen LogP contribution < -0.4 is 11.1 Å². The molecular formula is C22H33N5O2. The van der Waals surface area contributed by atoms with Gasteiger partial charge < -0.3 is 21.1 Å². The number of carbonyl (C=O) groups excluding carboxylic acids is 1. The zero-order valence-electron chi connectivity index (χ0n) is 17.3. The lowest BCUT2D eigenvalue weighted by Crippen LogP contribution is -2.53. The minimum atomic E-state index is -0.494. The van der Waals surface area contributed by atoms with E-state index in [9.17, 15) is 9.90 Å². The van der Waals surface area contributed by atoms with Crippen molar-refractivity contribution in [1.82, 2.24) is 14.9 Å². The lowest BCUT2D eigenvalue weighted by atomic mass is 9.48. The van der Waals surface area contributed by atoms with Crippen LogP contribution in [0.25, 0.3) is 0 Å². The molecule has 4 bridgehead atoms. The maximum Gasteiger partial charge on any atom is 0.239 e. The summed E-state index contributed by atoms with van der Waals surface area (Å²) in [7, 11) is 0. The summed E-state index contributed by atoms with van der Waals surface area (Å²) in [6.45, 7) is 3.37. The average Bonchev–Trinajstić information content (AvgIpc) is 2.69. The van der Waals surface area contributed by atoms with E-state index in [-0.39, 0.29) is 17.4 Å². The van der Waals surface area contributed by atoms with Crippen LogP contribution in [0.1, 0.15) is 56.7 Å². The lowest BCUT2D eigenvalue weighted by Gasteiger charge is -2.58. The Hall–Kier alpha value is -1.73. The summed E-state index contributed by atoms with van der Waals surface area (Å²) in [6, 6.07) is -0.494. The van der Waals surface area contributed by atoms with E-state index in [0.29, 0.717) is 26.1 Å². The lowest BCUT2D eigenvalue weighted by molar-refractivity contribution is -0.133. The Balaban J connectivity index is 1.27. The van der Waals surface area contributed by atoms with Gasteiger partial charge in [0, 0.05) is 18.7 Å². The number of aliphatic hydroxyl groups is 1. The van der Waals surface area contributed by atoms with Crippen molar-refractivity contribution in [3.05, 3.63) is 17.6 Å². The van der Waals surface area contributed by atoms with Crippen LogP contribution in [0.2, 0.25) is 0 Å². The first-order valence-corrected chi connectivity index (χ1v) is 11.2. The van der Waals surface area contributed by atoms with Crippen molar-refractivity contribution in [2.45, 2.75) is 70.6 Å². The summed E-state index contributed by atoms with van der Waals surface area (Å²) >= 11 is 0. The fourth-order valence-corrected chi connectivity index (χ4v) is 6.98. The zero-order chi connectivity index (χ0) is 20.2. The standard InChI is InChI=1S/C22H33N5O2/c1-13(23)21(29)27-3-2-17-18(11-27)25-12-26-20(17)24-10-19(28)22-7-14-4-15(8-22)6-16(5-14)9-22/h12-16,19,28H,2-11,23H2,1H3,(H,24,25,26)/t13?,14?,15?,16?,19-,22?/m0/s1. The third-order valence-corrected chi connectivity index (χ3v) is 7.96. The Labute approximate surface area is 172 Å². The first-order valence-electron chi connectivity index (χ1n) is 11.2. The second-order valence-electron chi connectivity index (χ2n) is 10.1. The SMILES string of the molecule is CC(N)C(=O)N1CCc2c(ncnc2NC[C@H](O)C23CC4CC(CC(C4)C2)C3)C1. The number of nitrogens with zero attached hydrogens (tertiary/aromatic N) is 3. The van der Waals surface area contributed by atoms with Gasteiger partial charge in [-0.3, -0.25) is 4.79 Å². The van der Waals surface area contributed by atoms with Crippen molar-refractivity contribution < 1.29 is 9.90 Å². The van der Waals surface area contributed by atoms with E-state index in [0.717, 1.165) is 34.8 Å². The number of rotatable bonds is 5. The monoisotopic (exact) mass is 399 g/mol. The highest BCUT2D eigenvalue weighted by Crippen LogP contribution is 2.61. The maximum atomic E-state index is 12.2. The van der Waals surface area contributed by atoms with Crippen LogP contribution in [0, 0.1) is 23.2 Å². The molecule has 4 N–H and O–H groups in total. The number of hydrogen-bond donors (Lipinski definition) is 3. The van der Waals surface area contributed by atoms with Crippen LogP contribution in [-0.4, -0.2) is 51.1 Å². The molecule has 1 aliphatic heterocycles. The second-order valence-corrected chi connectivity index (χ2v) is 10.1. The van der Waals surface area contributed by atoms with Gasteiger partial charge in [0.2, 0.25) is 5.91 Å². The van der Waals surface area contributed by atoms with Crippen LogP contribution in [0.3, 0.4) is 0 Å². The number of anilines is 1. The van der Waals surface area contributed by atoms with Gasteiger partial charge in [0.05, 0.1) is 24.4 Å². The zero-order valence-corrected chi connectivity index (χ0v) is 17.3. The molecular weight excluding hydrogens is 366 g/mol. The molecule has 1 aromatic heterocycles. The average molecular weight is 400 g/mol. The minimum Gasteiger partial charge on any atom is -0.391 e. The van der Waals surface area contributed by atoms with Crippen molar-refractivity contribution >= 4 is 11.7 Å². The molecule has 158 valence electrons. The van der Waals surface area contributed by atoms with Gasteiger partial charge in [-0.1, -0.05) is 0 Å². The molecule has 4 saturated carbocycles.